The molecule has 0 aliphatic heterocycles. The third-order valence-electron chi connectivity index (χ3n) is 4.51. The van der Waals surface area contributed by atoms with Gasteiger partial charge in [0.05, 0.1) is 22.6 Å². The lowest BCUT2D eigenvalue weighted by molar-refractivity contribution is 0.0784. The van der Waals surface area contributed by atoms with Gasteiger partial charge < -0.3 is 9.64 Å². The zero-order valence-corrected chi connectivity index (χ0v) is 19.1. The number of halogens is 2. The average Bonchev–Trinajstić information content (AvgIpc) is 2.68. The van der Waals surface area contributed by atoms with Crippen LogP contribution < -0.4 is 4.74 Å². The van der Waals surface area contributed by atoms with E-state index in [4.69, 9.17) is 27.9 Å². The summed E-state index contributed by atoms with van der Waals surface area (Å²) in [5, 5.41) is 0.699. The second-order valence-electron chi connectivity index (χ2n) is 6.35. The fourth-order valence-electron chi connectivity index (χ4n) is 2.94. The van der Waals surface area contributed by atoms with Gasteiger partial charge in [-0.2, -0.15) is 4.31 Å². The van der Waals surface area contributed by atoms with Crippen molar-refractivity contribution in [2.45, 2.75) is 25.3 Å². The largest absolute Gasteiger partial charge is 0.496 e. The Morgan fingerprint density at radius 2 is 1.72 bits per heavy atom. The summed E-state index contributed by atoms with van der Waals surface area (Å²) in [5.74, 6) is 0.187. The molecule has 2 aromatic carbocycles. The highest BCUT2D eigenvalue weighted by molar-refractivity contribution is 7.89. The lowest BCUT2D eigenvalue weighted by Crippen LogP contribution is -2.31. The number of ether oxygens (including phenoxy) is 1. The number of nitrogens with zero attached hydrogens (tertiary/aromatic N) is 2. The predicted molar refractivity (Wildman–Crippen MR) is 115 cm³/mol. The van der Waals surface area contributed by atoms with Gasteiger partial charge in [0.15, 0.2) is 0 Å². The minimum absolute atomic E-state index is 0.0303. The topological polar surface area (TPSA) is 66.9 Å². The fourth-order valence-corrected chi connectivity index (χ4v) is 4.82. The first-order chi connectivity index (χ1) is 13.6. The maximum Gasteiger partial charge on any atom is 0.255 e. The van der Waals surface area contributed by atoms with Crippen LogP contribution in [-0.2, 0) is 16.6 Å². The van der Waals surface area contributed by atoms with E-state index in [0.29, 0.717) is 23.9 Å². The molecule has 0 bridgehead atoms. The zero-order chi connectivity index (χ0) is 21.8. The van der Waals surface area contributed by atoms with Crippen molar-refractivity contribution in [3.8, 4) is 5.75 Å². The maximum atomic E-state index is 13.0. The van der Waals surface area contributed by atoms with Gasteiger partial charge in [-0.15, -0.1) is 0 Å². The number of carbonyl (C=O) groups excluding carboxylic acids is 1. The molecule has 6 nitrogen and oxygen atoms in total. The monoisotopic (exact) mass is 458 g/mol. The number of hydrogen-bond donors (Lipinski definition) is 0. The third-order valence-corrected chi connectivity index (χ3v) is 7.12. The van der Waals surface area contributed by atoms with Gasteiger partial charge in [0.2, 0.25) is 10.0 Å². The van der Waals surface area contributed by atoms with E-state index in [9.17, 15) is 13.2 Å². The standard InChI is InChI=1S/C20H24Cl2N2O4S/c1-5-24(6-2)29(26,27)16-8-9-18(22)17(12-16)20(25)23(3)13-14-11-15(21)7-10-19(14)28-4/h7-12H,5-6,13H2,1-4H3. The lowest BCUT2D eigenvalue weighted by atomic mass is 10.1. The Morgan fingerprint density at radius 3 is 2.31 bits per heavy atom. The number of amides is 1. The lowest BCUT2D eigenvalue weighted by Gasteiger charge is -2.21. The van der Waals surface area contributed by atoms with E-state index >= 15 is 0 Å². The summed E-state index contributed by atoms with van der Waals surface area (Å²) in [4.78, 5) is 14.5. The molecule has 0 fully saturated rings. The highest BCUT2D eigenvalue weighted by atomic mass is 35.5. The van der Waals surface area contributed by atoms with Gasteiger partial charge in [-0.3, -0.25) is 4.79 Å². The van der Waals surface area contributed by atoms with Crippen molar-refractivity contribution in [2.24, 2.45) is 0 Å². The van der Waals surface area contributed by atoms with E-state index in [-0.39, 0.29) is 22.0 Å². The summed E-state index contributed by atoms with van der Waals surface area (Å²) in [6.45, 7) is 4.40. The van der Waals surface area contributed by atoms with E-state index in [1.54, 1.807) is 39.1 Å². The Balaban J connectivity index is 2.37. The van der Waals surface area contributed by atoms with E-state index in [2.05, 4.69) is 0 Å². The Labute approximate surface area is 182 Å². The van der Waals surface area contributed by atoms with Crippen molar-refractivity contribution >= 4 is 39.1 Å². The van der Waals surface area contributed by atoms with Crippen molar-refractivity contribution in [3.63, 3.8) is 0 Å². The summed E-state index contributed by atoms with van der Waals surface area (Å²) >= 11 is 12.3. The van der Waals surface area contributed by atoms with Gasteiger partial charge in [0.1, 0.15) is 5.75 Å². The van der Waals surface area contributed by atoms with Crippen molar-refractivity contribution in [3.05, 3.63) is 57.6 Å². The molecule has 0 saturated heterocycles. The van der Waals surface area contributed by atoms with Gasteiger partial charge in [-0.25, -0.2) is 8.42 Å². The van der Waals surface area contributed by atoms with E-state index in [1.165, 1.54) is 34.5 Å². The minimum Gasteiger partial charge on any atom is -0.496 e. The Morgan fingerprint density at radius 1 is 1.07 bits per heavy atom. The molecule has 158 valence electrons. The van der Waals surface area contributed by atoms with Gasteiger partial charge >= 0.3 is 0 Å². The molecule has 0 heterocycles. The molecule has 0 spiro atoms. The fraction of sp³-hybridized carbons (Fsp3) is 0.350. The summed E-state index contributed by atoms with van der Waals surface area (Å²) in [5.41, 5.74) is 0.835. The van der Waals surface area contributed by atoms with Crippen LogP contribution in [0.2, 0.25) is 10.0 Å². The first-order valence-corrected chi connectivity index (χ1v) is 11.2. The van der Waals surface area contributed by atoms with Crippen molar-refractivity contribution in [2.75, 3.05) is 27.2 Å². The second kappa shape index (κ2) is 9.80. The number of carbonyl (C=O) groups is 1. The highest BCUT2D eigenvalue weighted by Gasteiger charge is 2.25. The van der Waals surface area contributed by atoms with Crippen LogP contribution in [0, 0.1) is 0 Å². The molecule has 2 rings (SSSR count). The predicted octanol–water partition coefficient (Wildman–Crippen LogP) is 4.30. The van der Waals surface area contributed by atoms with Crippen LogP contribution in [0.5, 0.6) is 5.75 Å². The minimum atomic E-state index is -3.71. The zero-order valence-electron chi connectivity index (χ0n) is 16.8. The molecule has 0 aliphatic rings. The molecule has 0 N–H and O–H groups in total. The van der Waals surface area contributed by atoms with Crippen LogP contribution in [0.4, 0.5) is 0 Å². The number of methoxy groups -OCH3 is 1. The second-order valence-corrected chi connectivity index (χ2v) is 9.13. The molecule has 0 saturated carbocycles. The molecule has 0 unspecified atom stereocenters. The third kappa shape index (κ3) is 5.22. The number of sulfonamides is 1. The Hall–Kier alpha value is -1.80. The van der Waals surface area contributed by atoms with Gasteiger partial charge in [0.25, 0.3) is 5.91 Å². The smallest absolute Gasteiger partial charge is 0.255 e. The first kappa shape index (κ1) is 23.5. The highest BCUT2D eigenvalue weighted by Crippen LogP contribution is 2.27. The summed E-state index contributed by atoms with van der Waals surface area (Å²) < 4.78 is 32.2. The SMILES string of the molecule is CCN(CC)S(=O)(=O)c1ccc(Cl)c(C(=O)N(C)Cc2cc(Cl)ccc2OC)c1. The van der Waals surface area contributed by atoms with Crippen LogP contribution in [0.15, 0.2) is 41.3 Å². The molecule has 1 amide bonds. The maximum absolute atomic E-state index is 13.0. The average molecular weight is 459 g/mol. The molecule has 0 aliphatic carbocycles. The molecule has 0 aromatic heterocycles. The molecule has 0 atom stereocenters. The first-order valence-electron chi connectivity index (χ1n) is 9.03. The van der Waals surface area contributed by atoms with E-state index in [1.807, 2.05) is 0 Å². The molecular formula is C20H24Cl2N2O4S. The van der Waals surface area contributed by atoms with Crippen molar-refractivity contribution in [1.29, 1.82) is 0 Å². The summed E-state index contributed by atoms with van der Waals surface area (Å²) in [7, 11) is -0.572. The number of rotatable bonds is 8. The van der Waals surface area contributed by atoms with Crippen LogP contribution in [-0.4, -0.2) is 50.8 Å². The van der Waals surface area contributed by atoms with Gasteiger partial charge in [-0.05, 0) is 36.4 Å². The Kier molecular flexibility index (Phi) is 7.94. The van der Waals surface area contributed by atoms with Crippen LogP contribution in [0.3, 0.4) is 0 Å². The van der Waals surface area contributed by atoms with Crippen molar-refractivity contribution < 1.29 is 17.9 Å². The number of hydrogen-bond acceptors (Lipinski definition) is 4. The summed E-state index contributed by atoms with van der Waals surface area (Å²) in [6, 6.07) is 9.30. The van der Waals surface area contributed by atoms with Crippen LogP contribution in [0.1, 0.15) is 29.8 Å². The quantitative estimate of drug-likeness (QED) is 0.590. The molecule has 29 heavy (non-hydrogen) atoms. The van der Waals surface area contributed by atoms with Crippen molar-refractivity contribution in [1.82, 2.24) is 9.21 Å². The van der Waals surface area contributed by atoms with Gasteiger partial charge in [-0.1, -0.05) is 37.0 Å². The van der Waals surface area contributed by atoms with Crippen LogP contribution >= 0.6 is 23.2 Å². The molecule has 9 heteroatoms. The van der Waals surface area contributed by atoms with Crippen LogP contribution in [0.25, 0.3) is 0 Å². The molecule has 2 aromatic rings. The van der Waals surface area contributed by atoms with Gasteiger partial charge in [0, 0.05) is 37.3 Å². The Bertz CT molecular complexity index is 992. The number of benzene rings is 2. The summed E-state index contributed by atoms with van der Waals surface area (Å²) in [6.07, 6.45) is 0. The van der Waals surface area contributed by atoms with E-state index in [0.717, 1.165) is 5.56 Å². The normalized spacial score (nSPS) is 11.6. The molecular weight excluding hydrogens is 435 g/mol. The molecule has 0 radical (unpaired) electrons. The van der Waals surface area contributed by atoms with E-state index < -0.39 is 15.9 Å².